The molecule has 0 saturated heterocycles. The molecule has 12 aromatic rings. The molecule has 8 aromatic carbocycles. The second-order valence-corrected chi connectivity index (χ2v) is 16.5. The van der Waals surface area contributed by atoms with Crippen molar-refractivity contribution in [3.05, 3.63) is 176 Å². The molecule has 4 aromatic heterocycles. The van der Waals surface area contributed by atoms with Crippen LogP contribution in [0.3, 0.4) is 0 Å². The van der Waals surface area contributed by atoms with Gasteiger partial charge in [-0.2, -0.15) is 0 Å². The van der Waals surface area contributed by atoms with Crippen molar-refractivity contribution in [1.82, 2.24) is 15.0 Å². The summed E-state index contributed by atoms with van der Waals surface area (Å²) in [5.41, 5.74) is 9.22. The molecule has 0 spiro atoms. The van der Waals surface area contributed by atoms with Crippen LogP contribution in [0, 0.1) is 0 Å². The molecule has 12 rings (SSSR count). The van der Waals surface area contributed by atoms with E-state index < -0.39 is 0 Å². The van der Waals surface area contributed by atoms with E-state index in [1.165, 1.54) is 40.3 Å². The Morgan fingerprint density at radius 2 is 0.772 bits per heavy atom. The number of benzene rings is 8. The maximum Gasteiger partial charge on any atom is 0.164 e. The molecule has 0 saturated carbocycles. The van der Waals surface area contributed by atoms with Crippen LogP contribution in [0.1, 0.15) is 0 Å². The predicted molar refractivity (Wildman–Crippen MR) is 240 cm³/mol. The minimum absolute atomic E-state index is 0.637. The van der Waals surface area contributed by atoms with Gasteiger partial charge in [0.2, 0.25) is 0 Å². The predicted octanol–water partition coefficient (Wildman–Crippen LogP) is 14.8. The smallest absolute Gasteiger partial charge is 0.164 e. The van der Waals surface area contributed by atoms with E-state index in [1.54, 1.807) is 22.7 Å². The lowest BCUT2D eigenvalue weighted by Crippen LogP contribution is -2.01. The number of thiophene rings is 2. The Hall–Kier alpha value is -6.99. The third-order valence-corrected chi connectivity index (χ3v) is 13.2. The molecule has 6 heteroatoms. The summed E-state index contributed by atoms with van der Waals surface area (Å²) in [7, 11) is 0. The molecule has 0 aliphatic carbocycles. The zero-order valence-electron chi connectivity index (χ0n) is 30.3. The van der Waals surface area contributed by atoms with Crippen LogP contribution in [-0.2, 0) is 0 Å². The molecule has 0 atom stereocenters. The molecule has 0 amide bonds. The first-order chi connectivity index (χ1) is 28.2. The monoisotopic (exact) mass is 763 g/mol. The number of furan rings is 1. The van der Waals surface area contributed by atoms with Crippen molar-refractivity contribution in [2.24, 2.45) is 0 Å². The lowest BCUT2D eigenvalue weighted by Gasteiger charge is -2.12. The van der Waals surface area contributed by atoms with Crippen LogP contribution in [0.25, 0.3) is 119 Å². The van der Waals surface area contributed by atoms with Crippen molar-refractivity contribution in [1.29, 1.82) is 0 Å². The fourth-order valence-electron chi connectivity index (χ4n) is 8.29. The summed E-state index contributed by atoms with van der Waals surface area (Å²) >= 11 is 3.60. The van der Waals surface area contributed by atoms with Gasteiger partial charge in [-0.15, -0.1) is 22.7 Å². The van der Waals surface area contributed by atoms with Gasteiger partial charge < -0.3 is 4.42 Å². The number of rotatable bonds is 5. The van der Waals surface area contributed by atoms with Crippen LogP contribution in [0.5, 0.6) is 0 Å². The highest BCUT2D eigenvalue weighted by Crippen LogP contribution is 2.42. The minimum atomic E-state index is 0.637. The summed E-state index contributed by atoms with van der Waals surface area (Å²) in [6.45, 7) is 0. The van der Waals surface area contributed by atoms with Crippen LogP contribution in [0.2, 0.25) is 0 Å². The molecule has 0 aliphatic heterocycles. The molecule has 0 bridgehead atoms. The van der Waals surface area contributed by atoms with Gasteiger partial charge in [0.25, 0.3) is 0 Å². The van der Waals surface area contributed by atoms with Gasteiger partial charge in [-0.25, -0.2) is 15.0 Å². The molecule has 0 radical (unpaired) electrons. The van der Waals surface area contributed by atoms with Gasteiger partial charge in [-0.1, -0.05) is 121 Å². The summed E-state index contributed by atoms with van der Waals surface area (Å²) in [5, 5.41) is 7.02. The quantitative estimate of drug-likeness (QED) is 0.175. The fraction of sp³-hybridized carbons (Fsp3) is 0. The standard InChI is InChI=1S/C51H29N3OS2/c1-4-20-41-35(15-1)40-29-33(25-26-42(40)55-41)31-12-7-11-30(27-31)32-13-8-14-34(28-32)49-52-50(38-18-9-23-45-47(38)36-16-2-5-21-43(36)56-45)54-51(53-49)39-19-10-24-46-48(39)37-17-3-6-22-44(37)57-46/h1-29H. The Morgan fingerprint density at radius 3 is 1.40 bits per heavy atom. The Bertz CT molecular complexity index is 3430. The molecule has 0 N–H and O–H groups in total. The zero-order chi connectivity index (χ0) is 37.5. The molecular formula is C51H29N3OS2. The number of hydrogen-bond acceptors (Lipinski definition) is 6. The molecule has 0 fully saturated rings. The van der Waals surface area contributed by atoms with Crippen LogP contribution in [0.4, 0.5) is 0 Å². The second kappa shape index (κ2) is 12.8. The Kier molecular flexibility index (Phi) is 7.24. The highest BCUT2D eigenvalue weighted by atomic mass is 32.1. The van der Waals surface area contributed by atoms with E-state index in [4.69, 9.17) is 19.4 Å². The third-order valence-electron chi connectivity index (χ3n) is 10.9. The molecule has 0 unspecified atom stereocenters. The van der Waals surface area contributed by atoms with Crippen molar-refractivity contribution in [2.75, 3.05) is 0 Å². The first-order valence-corrected chi connectivity index (χ1v) is 20.6. The number of hydrogen-bond donors (Lipinski definition) is 0. The van der Waals surface area contributed by atoms with Crippen molar-refractivity contribution in [2.45, 2.75) is 0 Å². The van der Waals surface area contributed by atoms with Crippen molar-refractivity contribution >= 4 is 85.0 Å². The topological polar surface area (TPSA) is 51.8 Å². The first-order valence-electron chi connectivity index (χ1n) is 18.9. The van der Waals surface area contributed by atoms with Crippen LogP contribution < -0.4 is 0 Å². The molecule has 0 aliphatic rings. The van der Waals surface area contributed by atoms with E-state index in [9.17, 15) is 0 Å². The largest absolute Gasteiger partial charge is 0.456 e. The highest BCUT2D eigenvalue weighted by Gasteiger charge is 2.20. The number of fused-ring (bicyclic) bond motifs is 9. The van der Waals surface area contributed by atoms with Crippen LogP contribution in [-0.4, -0.2) is 15.0 Å². The third kappa shape index (κ3) is 5.30. The summed E-state index contributed by atoms with van der Waals surface area (Å²) in [4.78, 5) is 15.9. The van der Waals surface area contributed by atoms with Gasteiger partial charge in [-0.05, 0) is 76.9 Å². The zero-order valence-corrected chi connectivity index (χ0v) is 31.9. The van der Waals surface area contributed by atoms with Gasteiger partial charge >= 0.3 is 0 Å². The van der Waals surface area contributed by atoms with E-state index in [0.29, 0.717) is 17.5 Å². The average molecular weight is 764 g/mol. The molecular weight excluding hydrogens is 735 g/mol. The molecule has 4 heterocycles. The summed E-state index contributed by atoms with van der Waals surface area (Å²) in [6, 6.07) is 62.1. The summed E-state index contributed by atoms with van der Waals surface area (Å²) < 4.78 is 11.0. The summed E-state index contributed by atoms with van der Waals surface area (Å²) in [6.07, 6.45) is 0. The molecule has 266 valence electrons. The Labute approximate surface area is 335 Å². The van der Waals surface area contributed by atoms with Gasteiger partial charge in [-0.3, -0.25) is 0 Å². The number of aromatic nitrogens is 3. The first kappa shape index (κ1) is 32.3. The van der Waals surface area contributed by atoms with Crippen molar-refractivity contribution in [3.63, 3.8) is 0 Å². The fourth-order valence-corrected chi connectivity index (χ4v) is 10.6. The van der Waals surface area contributed by atoms with Gasteiger partial charge in [0.05, 0.1) is 0 Å². The lowest BCUT2D eigenvalue weighted by molar-refractivity contribution is 0.669. The van der Waals surface area contributed by atoms with E-state index >= 15 is 0 Å². The SMILES string of the molecule is c1cc(-c2cccc(-c3nc(-c4cccc5sc6ccccc6c45)nc(-c4cccc5sc6ccccc6c45)n3)c2)cc(-c2ccc3oc4ccccc4c3c2)c1. The van der Waals surface area contributed by atoms with E-state index in [-0.39, 0.29) is 0 Å². The van der Waals surface area contributed by atoms with Gasteiger partial charge in [0, 0.05) is 67.8 Å². The van der Waals surface area contributed by atoms with E-state index in [0.717, 1.165) is 60.9 Å². The van der Waals surface area contributed by atoms with Crippen LogP contribution >= 0.6 is 22.7 Å². The molecule has 4 nitrogen and oxygen atoms in total. The number of nitrogens with zero attached hydrogens (tertiary/aromatic N) is 3. The Balaban J connectivity index is 1.03. The van der Waals surface area contributed by atoms with E-state index in [1.807, 2.05) is 12.1 Å². The Morgan fingerprint density at radius 1 is 0.316 bits per heavy atom. The van der Waals surface area contributed by atoms with Crippen molar-refractivity contribution in [3.8, 4) is 56.4 Å². The van der Waals surface area contributed by atoms with Gasteiger partial charge in [0.15, 0.2) is 17.5 Å². The maximum atomic E-state index is 6.12. The van der Waals surface area contributed by atoms with E-state index in [2.05, 4.69) is 164 Å². The van der Waals surface area contributed by atoms with Gasteiger partial charge in [0.1, 0.15) is 11.2 Å². The maximum absolute atomic E-state index is 6.12. The average Bonchev–Trinajstić information content (AvgIpc) is 3.97. The lowest BCUT2D eigenvalue weighted by atomic mass is 9.97. The van der Waals surface area contributed by atoms with Crippen molar-refractivity contribution < 1.29 is 4.42 Å². The molecule has 57 heavy (non-hydrogen) atoms. The highest BCUT2D eigenvalue weighted by molar-refractivity contribution is 7.26. The normalized spacial score (nSPS) is 11.9. The van der Waals surface area contributed by atoms with Crippen LogP contribution in [0.15, 0.2) is 180 Å². The second-order valence-electron chi connectivity index (χ2n) is 14.3. The summed E-state index contributed by atoms with van der Waals surface area (Å²) in [5.74, 6) is 1.96. The number of para-hydroxylation sites is 1. The minimum Gasteiger partial charge on any atom is -0.456 e.